The van der Waals surface area contributed by atoms with Crippen molar-refractivity contribution in [3.63, 3.8) is 0 Å². The fraction of sp³-hybridized carbons (Fsp3) is 0.143. The van der Waals surface area contributed by atoms with Crippen LogP contribution in [0.25, 0.3) is 0 Å². The zero-order chi connectivity index (χ0) is 13.0. The second-order valence-electron chi connectivity index (χ2n) is 3.79. The van der Waals surface area contributed by atoms with E-state index < -0.39 is 11.9 Å². The highest BCUT2D eigenvalue weighted by molar-refractivity contribution is 6.30. The van der Waals surface area contributed by atoms with Gasteiger partial charge < -0.3 is 9.84 Å². The molecule has 0 saturated carbocycles. The molecule has 0 spiro atoms. The van der Waals surface area contributed by atoms with Gasteiger partial charge in [0.1, 0.15) is 12.7 Å². The average molecular weight is 267 g/mol. The fourth-order valence-corrected chi connectivity index (χ4v) is 1.70. The van der Waals surface area contributed by atoms with Crippen LogP contribution in [0, 0.1) is 5.82 Å². The molecular formula is C14H12ClFO2. The normalized spacial score (nSPS) is 12.2. The summed E-state index contributed by atoms with van der Waals surface area (Å²) < 4.78 is 18.7. The van der Waals surface area contributed by atoms with Gasteiger partial charge in [-0.3, -0.25) is 0 Å². The first-order chi connectivity index (χ1) is 8.68. The molecule has 2 aromatic rings. The molecule has 18 heavy (non-hydrogen) atoms. The zero-order valence-corrected chi connectivity index (χ0v) is 10.3. The quantitative estimate of drug-likeness (QED) is 0.916. The maximum Gasteiger partial charge on any atom is 0.183 e. The summed E-state index contributed by atoms with van der Waals surface area (Å²) in [7, 11) is 0. The van der Waals surface area contributed by atoms with Crippen molar-refractivity contribution in [2.75, 3.05) is 6.61 Å². The minimum Gasteiger partial charge on any atom is -0.487 e. The second-order valence-corrected chi connectivity index (χ2v) is 4.20. The molecule has 0 amide bonds. The Morgan fingerprint density at radius 2 is 1.83 bits per heavy atom. The first-order valence-electron chi connectivity index (χ1n) is 5.48. The van der Waals surface area contributed by atoms with E-state index in [0.29, 0.717) is 0 Å². The Kier molecular flexibility index (Phi) is 4.18. The number of hydrogen-bond acceptors (Lipinski definition) is 2. The molecule has 2 aromatic carbocycles. The highest BCUT2D eigenvalue weighted by Crippen LogP contribution is 2.25. The lowest BCUT2D eigenvalue weighted by Crippen LogP contribution is -2.10. The molecule has 0 bridgehead atoms. The van der Waals surface area contributed by atoms with E-state index in [2.05, 4.69) is 0 Å². The molecule has 0 saturated heterocycles. The van der Waals surface area contributed by atoms with Gasteiger partial charge in [0.05, 0.1) is 5.02 Å². The molecule has 1 N–H and O–H groups in total. The number of rotatable bonds is 4. The molecule has 0 radical (unpaired) electrons. The summed E-state index contributed by atoms with van der Waals surface area (Å²) in [5, 5.41) is 9.86. The Balaban J connectivity index is 2.02. The van der Waals surface area contributed by atoms with Crippen LogP contribution in [0.2, 0.25) is 5.02 Å². The van der Waals surface area contributed by atoms with Gasteiger partial charge in [-0.05, 0) is 17.7 Å². The third kappa shape index (κ3) is 3.00. The van der Waals surface area contributed by atoms with E-state index in [1.165, 1.54) is 12.1 Å². The van der Waals surface area contributed by atoms with Gasteiger partial charge in [0.25, 0.3) is 0 Å². The maximum absolute atomic E-state index is 13.5. The summed E-state index contributed by atoms with van der Waals surface area (Å²) in [6.45, 7) is -0.0265. The Hall–Kier alpha value is -1.58. The second kappa shape index (κ2) is 5.85. The standard InChI is InChI=1S/C14H12ClFO2/c15-11-7-4-8-13(14(11)16)18-9-12(17)10-5-2-1-3-6-10/h1-8,12,17H,9H2. The topological polar surface area (TPSA) is 29.5 Å². The van der Waals surface area contributed by atoms with E-state index in [1.54, 1.807) is 18.2 Å². The van der Waals surface area contributed by atoms with Crippen molar-refractivity contribution in [2.24, 2.45) is 0 Å². The summed E-state index contributed by atoms with van der Waals surface area (Å²) in [6, 6.07) is 13.6. The van der Waals surface area contributed by atoms with E-state index in [1.807, 2.05) is 18.2 Å². The Bertz CT molecular complexity index is 516. The van der Waals surface area contributed by atoms with Crippen LogP contribution >= 0.6 is 11.6 Å². The van der Waals surface area contributed by atoms with Crippen molar-refractivity contribution in [1.82, 2.24) is 0 Å². The lowest BCUT2D eigenvalue weighted by atomic mass is 10.1. The minimum absolute atomic E-state index is 0.00157. The summed E-state index contributed by atoms with van der Waals surface area (Å²) in [5.41, 5.74) is 0.722. The average Bonchev–Trinajstić information content (AvgIpc) is 2.41. The fourth-order valence-electron chi connectivity index (χ4n) is 1.54. The predicted octanol–water partition coefficient (Wildman–Crippen LogP) is 3.59. The van der Waals surface area contributed by atoms with Crippen molar-refractivity contribution in [3.8, 4) is 5.75 Å². The number of hydrogen-bond donors (Lipinski definition) is 1. The van der Waals surface area contributed by atoms with E-state index in [9.17, 15) is 9.50 Å². The molecule has 0 aromatic heterocycles. The van der Waals surface area contributed by atoms with Gasteiger partial charge in [-0.2, -0.15) is 0 Å². The van der Waals surface area contributed by atoms with Gasteiger partial charge in [-0.25, -0.2) is 4.39 Å². The van der Waals surface area contributed by atoms with Crippen molar-refractivity contribution in [1.29, 1.82) is 0 Å². The van der Waals surface area contributed by atoms with Crippen LogP contribution in [-0.2, 0) is 0 Å². The first-order valence-corrected chi connectivity index (χ1v) is 5.86. The van der Waals surface area contributed by atoms with Crippen LogP contribution in [-0.4, -0.2) is 11.7 Å². The molecule has 0 aliphatic carbocycles. The highest BCUT2D eigenvalue weighted by atomic mass is 35.5. The molecule has 94 valence electrons. The number of aliphatic hydroxyl groups excluding tert-OH is 1. The van der Waals surface area contributed by atoms with Gasteiger partial charge in [-0.15, -0.1) is 0 Å². The van der Waals surface area contributed by atoms with Gasteiger partial charge >= 0.3 is 0 Å². The first kappa shape index (κ1) is 12.9. The summed E-state index contributed by atoms with van der Waals surface area (Å²) in [5.74, 6) is -0.572. The number of ether oxygens (including phenoxy) is 1. The Labute approximate surface area is 110 Å². The van der Waals surface area contributed by atoms with Crippen molar-refractivity contribution < 1.29 is 14.2 Å². The van der Waals surface area contributed by atoms with Crippen LogP contribution in [0.1, 0.15) is 11.7 Å². The summed E-state index contributed by atoms with van der Waals surface area (Å²) in [4.78, 5) is 0. The van der Waals surface area contributed by atoms with E-state index in [-0.39, 0.29) is 17.4 Å². The van der Waals surface area contributed by atoms with E-state index in [4.69, 9.17) is 16.3 Å². The van der Waals surface area contributed by atoms with Crippen LogP contribution in [0.4, 0.5) is 4.39 Å². The third-order valence-corrected chi connectivity index (χ3v) is 2.79. The van der Waals surface area contributed by atoms with Gasteiger partial charge in [0.2, 0.25) is 0 Å². The van der Waals surface area contributed by atoms with Crippen LogP contribution in [0.5, 0.6) is 5.75 Å². The van der Waals surface area contributed by atoms with Crippen LogP contribution in [0.3, 0.4) is 0 Å². The molecule has 2 rings (SSSR count). The summed E-state index contributed by atoms with van der Waals surface area (Å²) in [6.07, 6.45) is -0.801. The molecule has 0 aliphatic heterocycles. The van der Waals surface area contributed by atoms with E-state index in [0.717, 1.165) is 5.56 Å². The van der Waals surface area contributed by atoms with Gasteiger partial charge in [-0.1, -0.05) is 48.0 Å². The Morgan fingerprint density at radius 1 is 1.11 bits per heavy atom. The van der Waals surface area contributed by atoms with Crippen LogP contribution in [0.15, 0.2) is 48.5 Å². The van der Waals surface area contributed by atoms with Crippen molar-refractivity contribution >= 4 is 11.6 Å². The zero-order valence-electron chi connectivity index (χ0n) is 9.51. The maximum atomic E-state index is 13.5. The van der Waals surface area contributed by atoms with Crippen molar-refractivity contribution in [3.05, 3.63) is 64.9 Å². The van der Waals surface area contributed by atoms with E-state index >= 15 is 0 Å². The van der Waals surface area contributed by atoms with Crippen molar-refractivity contribution in [2.45, 2.75) is 6.10 Å². The van der Waals surface area contributed by atoms with Crippen LogP contribution < -0.4 is 4.74 Å². The molecule has 4 heteroatoms. The highest BCUT2D eigenvalue weighted by Gasteiger charge is 2.11. The SMILES string of the molecule is OC(COc1cccc(Cl)c1F)c1ccccc1. The molecule has 1 unspecified atom stereocenters. The minimum atomic E-state index is -0.801. The third-order valence-electron chi connectivity index (χ3n) is 2.50. The number of halogens is 2. The lowest BCUT2D eigenvalue weighted by Gasteiger charge is -2.13. The lowest BCUT2D eigenvalue weighted by molar-refractivity contribution is 0.106. The number of aliphatic hydroxyl groups is 1. The molecule has 2 nitrogen and oxygen atoms in total. The largest absolute Gasteiger partial charge is 0.487 e. The molecule has 1 atom stereocenters. The molecular weight excluding hydrogens is 255 g/mol. The molecule has 0 fully saturated rings. The van der Waals surface area contributed by atoms with Gasteiger partial charge in [0, 0.05) is 0 Å². The number of benzene rings is 2. The smallest absolute Gasteiger partial charge is 0.183 e. The monoisotopic (exact) mass is 266 g/mol. The predicted molar refractivity (Wildman–Crippen MR) is 68.3 cm³/mol. The summed E-state index contributed by atoms with van der Waals surface area (Å²) >= 11 is 5.63. The van der Waals surface area contributed by atoms with Gasteiger partial charge in [0.15, 0.2) is 11.6 Å². The molecule has 0 heterocycles. The Morgan fingerprint density at radius 3 is 2.56 bits per heavy atom. The molecule has 0 aliphatic rings.